The molecule has 212 valence electrons. The third-order valence-corrected chi connectivity index (χ3v) is 7.84. The van der Waals surface area contributed by atoms with Crippen LogP contribution in [0.2, 0.25) is 5.02 Å². The van der Waals surface area contributed by atoms with Crippen LogP contribution in [-0.4, -0.2) is 70.4 Å². The summed E-state index contributed by atoms with van der Waals surface area (Å²) in [5, 5.41) is 21.8. The minimum absolute atomic E-state index is 0.0990. The van der Waals surface area contributed by atoms with Crippen molar-refractivity contribution in [2.45, 2.75) is 40.0 Å². The van der Waals surface area contributed by atoms with Gasteiger partial charge in [0.1, 0.15) is 30.0 Å². The lowest BCUT2D eigenvalue weighted by Crippen LogP contribution is -2.29. The van der Waals surface area contributed by atoms with Crippen LogP contribution in [0.3, 0.4) is 0 Å². The van der Waals surface area contributed by atoms with E-state index in [1.807, 2.05) is 25.7 Å². The van der Waals surface area contributed by atoms with E-state index < -0.39 is 16.1 Å². The van der Waals surface area contributed by atoms with Gasteiger partial charge in [0.25, 0.3) is 10.0 Å². The minimum atomic E-state index is -3.48. The fourth-order valence-corrected chi connectivity index (χ4v) is 5.46. The van der Waals surface area contributed by atoms with E-state index in [0.29, 0.717) is 70.5 Å². The molecule has 1 aliphatic heterocycles. The van der Waals surface area contributed by atoms with Gasteiger partial charge in [0.2, 0.25) is 0 Å². The molecule has 12 nitrogen and oxygen atoms in total. The van der Waals surface area contributed by atoms with Crippen LogP contribution in [0.25, 0.3) is 22.6 Å². The highest BCUT2D eigenvalue weighted by molar-refractivity contribution is 7.89. The van der Waals surface area contributed by atoms with Gasteiger partial charge in [-0.05, 0) is 46.0 Å². The molecule has 1 aliphatic rings. The van der Waals surface area contributed by atoms with Crippen molar-refractivity contribution >= 4 is 27.4 Å². The van der Waals surface area contributed by atoms with Gasteiger partial charge in [0.15, 0.2) is 5.82 Å². The van der Waals surface area contributed by atoms with Crippen LogP contribution >= 0.6 is 11.6 Å². The van der Waals surface area contributed by atoms with Crippen LogP contribution in [0, 0.1) is 20.8 Å². The van der Waals surface area contributed by atoms with Gasteiger partial charge in [-0.1, -0.05) is 16.8 Å². The second kappa shape index (κ2) is 10.8. The molecule has 1 atom stereocenters. The number of nitrogens with one attached hydrogen (secondary N) is 1. The van der Waals surface area contributed by atoms with Crippen molar-refractivity contribution in [3.63, 3.8) is 0 Å². The molecule has 0 amide bonds. The highest BCUT2D eigenvalue weighted by Crippen LogP contribution is 2.39. The minimum Gasteiger partial charge on any atom is -0.491 e. The first-order chi connectivity index (χ1) is 19.0. The molecule has 3 aromatic heterocycles. The Bertz CT molecular complexity index is 1640. The molecule has 4 aromatic rings. The number of ether oxygens (including phenoxy) is 1. The van der Waals surface area contributed by atoms with Crippen molar-refractivity contribution in [2.75, 3.05) is 31.4 Å². The Morgan fingerprint density at radius 1 is 1.23 bits per heavy atom. The zero-order chi connectivity index (χ0) is 28.8. The zero-order valence-corrected chi connectivity index (χ0v) is 24.3. The monoisotopic (exact) mass is 587 g/mol. The van der Waals surface area contributed by atoms with E-state index in [9.17, 15) is 13.5 Å². The molecule has 40 heavy (non-hydrogen) atoms. The number of halogens is 1. The Labute approximate surface area is 237 Å². The molecule has 0 fully saturated rings. The standard InChI is InChI=1S/C26H30ClN7O5S/c1-14-24(23-15(2)32-39-16(23)3)29-25(20-8-19(6-7-21(20)27)38-13-18(35)9-28-4)30-26(14)33-10-17-11-34(40(5,36)37)31-22(17)12-33/h6-8,11,18,28,35H,9-10,12-13H2,1-5H3. The molecule has 1 aromatic carbocycles. The van der Waals surface area contributed by atoms with Gasteiger partial charge >= 0.3 is 0 Å². The van der Waals surface area contributed by atoms with E-state index >= 15 is 0 Å². The third kappa shape index (κ3) is 5.42. The average molecular weight is 588 g/mol. The quantitative estimate of drug-likeness (QED) is 0.298. The SMILES string of the molecule is CNCC(O)COc1ccc(Cl)c(-c2nc(-c3c(C)noc3C)c(C)c(N3Cc4cn(S(C)(=O)=O)nc4C3)n2)c1. The molecule has 0 saturated heterocycles. The molecule has 2 N–H and O–H groups in total. The van der Waals surface area contributed by atoms with Crippen molar-refractivity contribution in [1.29, 1.82) is 0 Å². The van der Waals surface area contributed by atoms with Crippen molar-refractivity contribution in [2.24, 2.45) is 0 Å². The molecular formula is C26H30ClN7O5S. The number of hydrogen-bond donors (Lipinski definition) is 2. The van der Waals surface area contributed by atoms with E-state index in [0.717, 1.165) is 27.0 Å². The number of anilines is 1. The fraction of sp³-hybridized carbons (Fsp3) is 0.385. The predicted molar refractivity (Wildman–Crippen MR) is 150 cm³/mol. The number of aromatic nitrogens is 5. The maximum atomic E-state index is 12.0. The van der Waals surface area contributed by atoms with Crippen LogP contribution in [0.15, 0.2) is 28.9 Å². The second-order valence-corrected chi connectivity index (χ2v) is 12.0. The van der Waals surface area contributed by atoms with Crippen LogP contribution in [0.4, 0.5) is 5.82 Å². The molecule has 0 spiro atoms. The lowest BCUT2D eigenvalue weighted by molar-refractivity contribution is 0.108. The molecule has 14 heteroatoms. The molecule has 0 bridgehead atoms. The maximum absolute atomic E-state index is 12.0. The highest BCUT2D eigenvalue weighted by Gasteiger charge is 2.29. The molecular weight excluding hydrogens is 558 g/mol. The number of fused-ring (bicyclic) bond motifs is 1. The molecule has 1 unspecified atom stereocenters. The summed E-state index contributed by atoms with van der Waals surface area (Å²) in [5.74, 6) is 2.14. The highest BCUT2D eigenvalue weighted by atomic mass is 35.5. The summed E-state index contributed by atoms with van der Waals surface area (Å²) in [4.78, 5) is 11.9. The van der Waals surface area contributed by atoms with Gasteiger partial charge in [0, 0.05) is 36.0 Å². The average Bonchev–Trinajstić information content (AvgIpc) is 3.57. The predicted octanol–water partition coefficient (Wildman–Crippen LogP) is 2.86. The van der Waals surface area contributed by atoms with E-state index in [2.05, 4.69) is 15.6 Å². The summed E-state index contributed by atoms with van der Waals surface area (Å²) in [6.45, 7) is 6.89. The van der Waals surface area contributed by atoms with Crippen LogP contribution in [0.1, 0.15) is 28.3 Å². The number of benzene rings is 1. The number of aliphatic hydroxyl groups excluding tert-OH is 1. The van der Waals surface area contributed by atoms with Gasteiger partial charge in [-0.2, -0.15) is 9.19 Å². The van der Waals surface area contributed by atoms with Crippen LogP contribution < -0.4 is 15.0 Å². The van der Waals surface area contributed by atoms with Gasteiger partial charge < -0.3 is 24.6 Å². The van der Waals surface area contributed by atoms with E-state index in [1.54, 1.807) is 25.2 Å². The largest absolute Gasteiger partial charge is 0.491 e. The van der Waals surface area contributed by atoms with Gasteiger partial charge in [0.05, 0.1) is 40.5 Å². The number of aliphatic hydroxyl groups is 1. The molecule has 0 aliphatic carbocycles. The van der Waals surface area contributed by atoms with Crippen molar-refractivity contribution in [3.8, 4) is 28.4 Å². The lowest BCUT2D eigenvalue weighted by atomic mass is 10.0. The van der Waals surface area contributed by atoms with Gasteiger partial charge in [-0.25, -0.2) is 18.4 Å². The normalized spacial score (nSPS) is 14.0. The van der Waals surface area contributed by atoms with Crippen LogP contribution in [0.5, 0.6) is 5.75 Å². The summed E-state index contributed by atoms with van der Waals surface area (Å²) in [5.41, 5.74) is 4.92. The first-order valence-electron chi connectivity index (χ1n) is 12.6. The number of likely N-dealkylation sites (N-methyl/N-ethyl adjacent to an activating group) is 1. The Morgan fingerprint density at radius 3 is 2.65 bits per heavy atom. The lowest BCUT2D eigenvalue weighted by Gasteiger charge is -2.22. The summed E-state index contributed by atoms with van der Waals surface area (Å²) in [6, 6.07) is 5.17. The maximum Gasteiger partial charge on any atom is 0.250 e. The fourth-order valence-electron chi connectivity index (χ4n) is 4.70. The number of hydrogen-bond acceptors (Lipinski definition) is 11. The topological polar surface area (TPSA) is 148 Å². The zero-order valence-electron chi connectivity index (χ0n) is 22.8. The Kier molecular flexibility index (Phi) is 7.57. The molecule has 0 saturated carbocycles. The van der Waals surface area contributed by atoms with E-state index in [-0.39, 0.29) is 6.61 Å². The van der Waals surface area contributed by atoms with E-state index in [1.165, 1.54) is 6.20 Å². The van der Waals surface area contributed by atoms with Gasteiger partial charge in [-0.15, -0.1) is 0 Å². The molecule has 5 rings (SSSR count). The molecule has 0 radical (unpaired) electrons. The summed E-state index contributed by atoms with van der Waals surface area (Å²) < 4.78 is 36.2. The second-order valence-electron chi connectivity index (χ2n) is 9.80. The van der Waals surface area contributed by atoms with Crippen molar-refractivity contribution in [3.05, 3.63) is 57.7 Å². The van der Waals surface area contributed by atoms with E-state index in [4.69, 9.17) is 30.8 Å². The van der Waals surface area contributed by atoms with Gasteiger partial charge in [-0.3, -0.25) is 0 Å². The molecule has 4 heterocycles. The number of aryl methyl sites for hydroxylation is 2. The summed E-state index contributed by atoms with van der Waals surface area (Å²) in [6.07, 6.45) is 1.98. The Morgan fingerprint density at radius 2 is 2.00 bits per heavy atom. The first kappa shape index (κ1) is 28.0. The smallest absolute Gasteiger partial charge is 0.250 e. The third-order valence-electron chi connectivity index (χ3n) is 6.65. The van der Waals surface area contributed by atoms with Crippen molar-refractivity contribution < 1.29 is 22.8 Å². The van der Waals surface area contributed by atoms with Crippen LogP contribution in [-0.2, 0) is 23.1 Å². The van der Waals surface area contributed by atoms with Crippen molar-refractivity contribution in [1.82, 2.24) is 29.6 Å². The Hall–Kier alpha value is -3.52. The number of rotatable bonds is 9. The number of nitrogens with zero attached hydrogens (tertiary/aromatic N) is 6. The Balaban J connectivity index is 1.58. The summed E-state index contributed by atoms with van der Waals surface area (Å²) in [7, 11) is -1.73. The summed E-state index contributed by atoms with van der Waals surface area (Å²) >= 11 is 6.64. The first-order valence-corrected chi connectivity index (χ1v) is 14.8.